The molecule has 0 spiro atoms. The van der Waals surface area contributed by atoms with E-state index in [2.05, 4.69) is 53.3 Å². The highest BCUT2D eigenvalue weighted by atomic mass is 15.3. The third-order valence-corrected chi connectivity index (χ3v) is 3.99. The van der Waals surface area contributed by atoms with Crippen molar-refractivity contribution in [2.24, 2.45) is 0 Å². The molecule has 1 aliphatic rings. The molecular formula is C14H26N4. The molecule has 0 radical (unpaired) electrons. The summed E-state index contributed by atoms with van der Waals surface area (Å²) in [5.74, 6) is 0. The summed E-state index contributed by atoms with van der Waals surface area (Å²) in [7, 11) is 4.22. The van der Waals surface area contributed by atoms with Crippen molar-refractivity contribution < 1.29 is 0 Å². The van der Waals surface area contributed by atoms with Crippen LogP contribution in [0.2, 0.25) is 0 Å². The van der Waals surface area contributed by atoms with Crippen LogP contribution in [0.5, 0.6) is 0 Å². The summed E-state index contributed by atoms with van der Waals surface area (Å²) in [5.41, 5.74) is 1.16. The molecule has 1 fully saturated rings. The summed E-state index contributed by atoms with van der Waals surface area (Å²) in [5, 5.41) is 8.14. The van der Waals surface area contributed by atoms with Gasteiger partial charge in [-0.2, -0.15) is 5.10 Å². The Morgan fingerprint density at radius 2 is 2.17 bits per heavy atom. The Balaban J connectivity index is 1.76. The molecule has 1 heterocycles. The lowest BCUT2D eigenvalue weighted by Crippen LogP contribution is -2.35. The average Bonchev–Trinajstić information content (AvgIpc) is 2.98. The van der Waals surface area contributed by atoms with Crippen LogP contribution in [0.1, 0.15) is 44.3 Å². The Kier molecular flexibility index (Phi) is 4.78. The van der Waals surface area contributed by atoms with Crippen molar-refractivity contribution in [2.45, 2.75) is 51.2 Å². The van der Waals surface area contributed by atoms with Gasteiger partial charge in [-0.15, -0.1) is 0 Å². The maximum Gasteiger partial charge on any atom is 0.0762 e. The van der Waals surface area contributed by atoms with E-state index in [1.807, 2.05) is 0 Å². The molecule has 4 nitrogen and oxygen atoms in total. The summed E-state index contributed by atoms with van der Waals surface area (Å²) in [6, 6.07) is 3.35. The molecule has 0 amide bonds. The smallest absolute Gasteiger partial charge is 0.0762 e. The average molecular weight is 250 g/mol. The van der Waals surface area contributed by atoms with Gasteiger partial charge in [-0.1, -0.05) is 12.8 Å². The zero-order chi connectivity index (χ0) is 13.0. The first-order valence-electron chi connectivity index (χ1n) is 7.08. The van der Waals surface area contributed by atoms with E-state index in [4.69, 9.17) is 0 Å². The monoisotopic (exact) mass is 250 g/mol. The van der Waals surface area contributed by atoms with Crippen molar-refractivity contribution in [3.63, 3.8) is 0 Å². The largest absolute Gasteiger partial charge is 0.310 e. The van der Waals surface area contributed by atoms with E-state index < -0.39 is 0 Å². The minimum absolute atomic E-state index is 0.557. The molecule has 1 unspecified atom stereocenters. The van der Waals surface area contributed by atoms with Crippen LogP contribution >= 0.6 is 0 Å². The van der Waals surface area contributed by atoms with E-state index in [1.165, 1.54) is 25.7 Å². The van der Waals surface area contributed by atoms with Crippen molar-refractivity contribution in [1.82, 2.24) is 20.0 Å². The molecule has 18 heavy (non-hydrogen) atoms. The number of hydrogen-bond donors (Lipinski definition) is 1. The summed E-state index contributed by atoms with van der Waals surface area (Å²) in [6.45, 7) is 4.10. The zero-order valence-electron chi connectivity index (χ0n) is 11.9. The standard InChI is InChI=1S/C14H26N4/c1-12(17(2)3)10-15-11-13-8-9-18(16-13)14-6-4-5-7-14/h8-9,12,14-15H,4-7,10-11H2,1-3H3. The van der Waals surface area contributed by atoms with E-state index >= 15 is 0 Å². The highest BCUT2D eigenvalue weighted by Crippen LogP contribution is 2.28. The first kappa shape index (κ1) is 13.6. The quantitative estimate of drug-likeness (QED) is 0.838. The molecule has 0 aromatic carbocycles. The summed E-state index contributed by atoms with van der Waals surface area (Å²) < 4.78 is 2.17. The minimum Gasteiger partial charge on any atom is -0.310 e. The van der Waals surface area contributed by atoms with E-state index in [9.17, 15) is 0 Å². The van der Waals surface area contributed by atoms with Gasteiger partial charge in [0.2, 0.25) is 0 Å². The van der Waals surface area contributed by atoms with Gasteiger partial charge in [0.05, 0.1) is 11.7 Å². The third kappa shape index (κ3) is 3.56. The number of rotatable bonds is 6. The first-order chi connectivity index (χ1) is 8.66. The Bertz CT molecular complexity index is 352. The third-order valence-electron chi connectivity index (χ3n) is 3.99. The topological polar surface area (TPSA) is 33.1 Å². The van der Waals surface area contributed by atoms with E-state index in [0.717, 1.165) is 18.8 Å². The fourth-order valence-corrected chi connectivity index (χ4v) is 2.44. The Morgan fingerprint density at radius 3 is 2.83 bits per heavy atom. The second-order valence-corrected chi connectivity index (χ2v) is 5.67. The number of nitrogens with one attached hydrogen (secondary N) is 1. The molecule has 4 heteroatoms. The molecule has 0 bridgehead atoms. The first-order valence-corrected chi connectivity index (χ1v) is 7.08. The van der Waals surface area contributed by atoms with Gasteiger partial charge in [-0.25, -0.2) is 0 Å². The lowest BCUT2D eigenvalue weighted by molar-refractivity contribution is 0.302. The van der Waals surface area contributed by atoms with Gasteiger partial charge in [-0.05, 0) is 39.9 Å². The Morgan fingerprint density at radius 1 is 1.44 bits per heavy atom. The molecule has 0 aliphatic heterocycles. The van der Waals surface area contributed by atoms with Crippen LogP contribution < -0.4 is 5.32 Å². The number of likely N-dealkylation sites (N-methyl/N-ethyl adjacent to an activating group) is 1. The van der Waals surface area contributed by atoms with Crippen molar-refractivity contribution in [3.8, 4) is 0 Å². The molecule has 0 saturated heterocycles. The number of nitrogens with zero attached hydrogens (tertiary/aromatic N) is 3. The van der Waals surface area contributed by atoms with Crippen LogP contribution in [-0.4, -0.2) is 41.4 Å². The second-order valence-electron chi connectivity index (χ2n) is 5.67. The Hall–Kier alpha value is -0.870. The summed E-state index contributed by atoms with van der Waals surface area (Å²) in [4.78, 5) is 2.23. The molecule has 102 valence electrons. The van der Waals surface area contributed by atoms with Gasteiger partial charge >= 0.3 is 0 Å². The van der Waals surface area contributed by atoms with Crippen molar-refractivity contribution in [2.75, 3.05) is 20.6 Å². The lowest BCUT2D eigenvalue weighted by atomic mass is 10.3. The molecule has 1 aromatic rings. The van der Waals surface area contributed by atoms with Crippen molar-refractivity contribution >= 4 is 0 Å². The minimum atomic E-state index is 0.557. The number of hydrogen-bond acceptors (Lipinski definition) is 3. The maximum absolute atomic E-state index is 4.67. The highest BCUT2D eigenvalue weighted by Gasteiger charge is 2.17. The van der Waals surface area contributed by atoms with E-state index in [0.29, 0.717) is 12.1 Å². The van der Waals surface area contributed by atoms with E-state index in [1.54, 1.807) is 0 Å². The van der Waals surface area contributed by atoms with Gasteiger partial charge in [0.15, 0.2) is 0 Å². The zero-order valence-corrected chi connectivity index (χ0v) is 11.9. The lowest BCUT2D eigenvalue weighted by Gasteiger charge is -2.19. The van der Waals surface area contributed by atoms with Gasteiger partial charge < -0.3 is 10.2 Å². The van der Waals surface area contributed by atoms with Crippen molar-refractivity contribution in [3.05, 3.63) is 18.0 Å². The predicted molar refractivity (Wildman–Crippen MR) is 74.6 cm³/mol. The van der Waals surface area contributed by atoms with E-state index in [-0.39, 0.29) is 0 Å². The fraction of sp³-hybridized carbons (Fsp3) is 0.786. The molecular weight excluding hydrogens is 224 g/mol. The molecule has 1 aromatic heterocycles. The number of aromatic nitrogens is 2. The van der Waals surface area contributed by atoms with Crippen LogP contribution in [0.4, 0.5) is 0 Å². The summed E-state index contributed by atoms with van der Waals surface area (Å²) in [6.07, 6.45) is 7.46. The molecule has 1 atom stereocenters. The van der Waals surface area contributed by atoms with Gasteiger partial charge in [0, 0.05) is 25.3 Å². The van der Waals surface area contributed by atoms with Crippen LogP contribution in [0.3, 0.4) is 0 Å². The summed E-state index contributed by atoms with van der Waals surface area (Å²) >= 11 is 0. The molecule has 1 saturated carbocycles. The van der Waals surface area contributed by atoms with Crippen LogP contribution in [-0.2, 0) is 6.54 Å². The van der Waals surface area contributed by atoms with Gasteiger partial charge in [0.1, 0.15) is 0 Å². The van der Waals surface area contributed by atoms with Gasteiger partial charge in [-0.3, -0.25) is 4.68 Å². The predicted octanol–water partition coefficient (Wildman–Crippen LogP) is 2.04. The molecule has 2 rings (SSSR count). The van der Waals surface area contributed by atoms with Gasteiger partial charge in [0.25, 0.3) is 0 Å². The molecule has 1 aliphatic carbocycles. The van der Waals surface area contributed by atoms with Crippen LogP contribution in [0, 0.1) is 0 Å². The maximum atomic E-state index is 4.67. The van der Waals surface area contributed by atoms with Crippen molar-refractivity contribution in [1.29, 1.82) is 0 Å². The SMILES string of the molecule is CC(CNCc1ccn(C2CCCC2)n1)N(C)C. The normalized spacial score (nSPS) is 18.7. The Labute approximate surface area is 110 Å². The second kappa shape index (κ2) is 6.34. The van der Waals surface area contributed by atoms with Crippen LogP contribution in [0.25, 0.3) is 0 Å². The van der Waals surface area contributed by atoms with Crippen LogP contribution in [0.15, 0.2) is 12.3 Å². The molecule has 1 N–H and O–H groups in total. The fourth-order valence-electron chi connectivity index (χ4n) is 2.44. The highest BCUT2D eigenvalue weighted by molar-refractivity contribution is 5.00.